The van der Waals surface area contributed by atoms with E-state index in [1.165, 1.54) is 11.2 Å². The average Bonchev–Trinajstić information content (AvgIpc) is 2.43. The van der Waals surface area contributed by atoms with Gasteiger partial charge in [-0.2, -0.15) is 0 Å². The van der Waals surface area contributed by atoms with Crippen LogP contribution in [0.2, 0.25) is 5.02 Å². The summed E-state index contributed by atoms with van der Waals surface area (Å²) < 4.78 is 0. The number of nitrogens with one attached hydrogen (secondary N) is 1. The van der Waals surface area contributed by atoms with Crippen molar-refractivity contribution in [3.8, 4) is 0 Å². The number of aromatic nitrogens is 2. The number of halogens is 1. The van der Waals surface area contributed by atoms with Gasteiger partial charge in [0.25, 0.3) is 5.56 Å². The Bertz CT molecular complexity index is 716. The van der Waals surface area contributed by atoms with Crippen molar-refractivity contribution in [3.05, 3.63) is 51.5 Å². The van der Waals surface area contributed by atoms with E-state index in [1.807, 2.05) is 12.1 Å². The summed E-state index contributed by atoms with van der Waals surface area (Å²) >= 11 is 5.95. The fourth-order valence-electron chi connectivity index (χ4n) is 1.87. The van der Waals surface area contributed by atoms with Gasteiger partial charge in [-0.3, -0.25) is 9.59 Å². The maximum Gasteiger partial charge on any atom is 0.271 e. The van der Waals surface area contributed by atoms with Crippen molar-refractivity contribution in [2.24, 2.45) is 5.73 Å². The maximum atomic E-state index is 11.6. The molecule has 0 saturated carbocycles. The number of rotatable bonds is 5. The molecule has 1 aromatic heterocycles. The van der Waals surface area contributed by atoms with Gasteiger partial charge in [0.1, 0.15) is 5.02 Å². The van der Waals surface area contributed by atoms with Gasteiger partial charge < -0.3 is 21.4 Å². The second kappa shape index (κ2) is 6.27. The third-order valence-corrected chi connectivity index (χ3v) is 3.18. The Morgan fingerprint density at radius 1 is 1.38 bits per heavy atom. The van der Waals surface area contributed by atoms with Crippen LogP contribution in [0.3, 0.4) is 0 Å². The zero-order valence-electron chi connectivity index (χ0n) is 11.0. The number of H-pyrrole nitrogens is 1. The van der Waals surface area contributed by atoms with Crippen molar-refractivity contribution in [3.63, 3.8) is 0 Å². The molecule has 0 aliphatic heterocycles. The van der Waals surface area contributed by atoms with Gasteiger partial charge in [0.05, 0.1) is 12.9 Å². The number of benzene rings is 1. The van der Waals surface area contributed by atoms with E-state index < -0.39 is 11.5 Å². The number of hydrogen-bond donors (Lipinski definition) is 3. The van der Waals surface area contributed by atoms with E-state index in [9.17, 15) is 9.59 Å². The van der Waals surface area contributed by atoms with Gasteiger partial charge in [-0.05, 0) is 11.6 Å². The lowest BCUT2D eigenvalue weighted by Crippen LogP contribution is -2.35. The number of carbonyl (C=O) groups excluding carboxylic acids is 1. The van der Waals surface area contributed by atoms with Crippen molar-refractivity contribution in [2.45, 2.75) is 6.54 Å². The molecule has 110 valence electrons. The molecule has 0 fully saturated rings. The molecule has 2 aromatic rings. The highest BCUT2D eigenvalue weighted by Gasteiger charge is 2.17. The number of amides is 1. The lowest BCUT2D eigenvalue weighted by molar-refractivity contribution is -0.116. The highest BCUT2D eigenvalue weighted by molar-refractivity contribution is 6.32. The van der Waals surface area contributed by atoms with Crippen LogP contribution in [0.15, 0.2) is 35.4 Å². The summed E-state index contributed by atoms with van der Waals surface area (Å²) in [5.41, 5.74) is 12.0. The van der Waals surface area contributed by atoms with Gasteiger partial charge in [0.15, 0.2) is 5.82 Å². The van der Waals surface area contributed by atoms with Gasteiger partial charge in [-0.25, -0.2) is 4.98 Å². The van der Waals surface area contributed by atoms with Crippen molar-refractivity contribution in [1.82, 2.24) is 9.97 Å². The van der Waals surface area contributed by atoms with Crippen LogP contribution in [0, 0.1) is 0 Å². The zero-order chi connectivity index (χ0) is 15.4. The molecule has 0 bridgehead atoms. The van der Waals surface area contributed by atoms with E-state index in [0.717, 1.165) is 5.56 Å². The standard InChI is InChI=1S/C13H14ClN5O2/c14-11-12(17-7-18-13(11)21)19(6-10(16)20)5-8-3-1-2-4-9(8)15/h1-4,7H,5-6,15H2,(H2,16,20)(H,17,18,21). The molecule has 5 N–H and O–H groups in total. The topological polar surface area (TPSA) is 118 Å². The Hall–Kier alpha value is -2.54. The monoisotopic (exact) mass is 307 g/mol. The predicted octanol–water partition coefficient (Wildman–Crippen LogP) is 0.497. The van der Waals surface area contributed by atoms with Gasteiger partial charge in [-0.1, -0.05) is 29.8 Å². The highest BCUT2D eigenvalue weighted by atomic mass is 35.5. The van der Waals surface area contributed by atoms with E-state index >= 15 is 0 Å². The van der Waals surface area contributed by atoms with Gasteiger partial charge >= 0.3 is 0 Å². The van der Waals surface area contributed by atoms with Gasteiger partial charge in [0, 0.05) is 12.2 Å². The Morgan fingerprint density at radius 3 is 2.76 bits per heavy atom. The number of anilines is 2. The summed E-state index contributed by atoms with van der Waals surface area (Å²) in [6, 6.07) is 7.17. The third-order valence-electron chi connectivity index (χ3n) is 2.84. The van der Waals surface area contributed by atoms with Crippen LogP contribution >= 0.6 is 11.6 Å². The molecular formula is C13H14ClN5O2. The first kappa shape index (κ1) is 14.9. The minimum Gasteiger partial charge on any atom is -0.398 e. The Morgan fingerprint density at radius 2 is 2.10 bits per heavy atom. The second-order valence-corrected chi connectivity index (χ2v) is 4.77. The van der Waals surface area contributed by atoms with E-state index in [4.69, 9.17) is 23.1 Å². The minimum absolute atomic E-state index is 0.103. The van der Waals surface area contributed by atoms with E-state index in [1.54, 1.807) is 12.1 Å². The first-order valence-corrected chi connectivity index (χ1v) is 6.46. The van der Waals surface area contributed by atoms with Crippen LogP contribution in [0.5, 0.6) is 0 Å². The molecule has 7 nitrogen and oxygen atoms in total. The molecule has 21 heavy (non-hydrogen) atoms. The molecule has 1 heterocycles. The number of nitrogen functional groups attached to an aromatic ring is 1. The van der Waals surface area contributed by atoms with E-state index in [2.05, 4.69) is 9.97 Å². The fourth-order valence-corrected chi connectivity index (χ4v) is 2.09. The number of aromatic amines is 1. The molecule has 0 aliphatic rings. The zero-order valence-corrected chi connectivity index (χ0v) is 11.8. The van der Waals surface area contributed by atoms with Crippen LogP contribution in [-0.4, -0.2) is 22.4 Å². The van der Waals surface area contributed by atoms with Crippen LogP contribution < -0.4 is 21.9 Å². The summed E-state index contributed by atoms with van der Waals surface area (Å²) in [5.74, 6) is -0.384. The highest BCUT2D eigenvalue weighted by Crippen LogP contribution is 2.22. The summed E-state index contributed by atoms with van der Waals surface area (Å²) in [5, 5.41) is -0.103. The normalized spacial score (nSPS) is 10.3. The number of nitrogens with two attached hydrogens (primary N) is 2. The Kier molecular flexibility index (Phi) is 4.44. The summed E-state index contributed by atoms with van der Waals surface area (Å²) in [4.78, 5) is 30.7. The molecule has 1 aromatic carbocycles. The molecule has 0 radical (unpaired) electrons. The number of nitrogens with zero attached hydrogens (tertiary/aromatic N) is 2. The Balaban J connectivity index is 2.39. The summed E-state index contributed by atoms with van der Waals surface area (Å²) in [6.45, 7) is 0.121. The van der Waals surface area contributed by atoms with Gasteiger partial charge in [0.2, 0.25) is 5.91 Å². The molecule has 0 saturated heterocycles. The molecule has 0 spiro atoms. The molecule has 2 rings (SSSR count). The number of primary amides is 1. The quantitative estimate of drug-likeness (QED) is 0.695. The van der Waals surface area contributed by atoms with Crippen molar-refractivity contribution in [1.29, 1.82) is 0 Å². The molecular weight excluding hydrogens is 294 g/mol. The van der Waals surface area contributed by atoms with Crippen LogP contribution in [-0.2, 0) is 11.3 Å². The lowest BCUT2D eigenvalue weighted by atomic mass is 10.1. The van der Waals surface area contributed by atoms with Gasteiger partial charge in [-0.15, -0.1) is 0 Å². The van der Waals surface area contributed by atoms with Crippen LogP contribution in [0.4, 0.5) is 11.5 Å². The molecule has 0 atom stereocenters. The summed E-state index contributed by atoms with van der Waals surface area (Å²) in [7, 11) is 0. The summed E-state index contributed by atoms with van der Waals surface area (Å²) in [6.07, 6.45) is 1.21. The van der Waals surface area contributed by atoms with E-state index in [-0.39, 0.29) is 23.9 Å². The maximum absolute atomic E-state index is 11.6. The van der Waals surface area contributed by atoms with Crippen molar-refractivity contribution in [2.75, 3.05) is 17.2 Å². The number of para-hydroxylation sites is 1. The van der Waals surface area contributed by atoms with Crippen molar-refractivity contribution < 1.29 is 4.79 Å². The molecule has 0 aliphatic carbocycles. The molecule has 8 heteroatoms. The number of carbonyl (C=O) groups is 1. The first-order valence-electron chi connectivity index (χ1n) is 6.09. The first-order chi connectivity index (χ1) is 9.99. The predicted molar refractivity (Wildman–Crippen MR) is 81.0 cm³/mol. The van der Waals surface area contributed by atoms with Crippen LogP contribution in [0.1, 0.15) is 5.56 Å². The third kappa shape index (κ3) is 3.51. The fraction of sp³-hybridized carbons (Fsp3) is 0.154. The largest absolute Gasteiger partial charge is 0.398 e. The molecule has 0 unspecified atom stereocenters. The number of hydrogen-bond acceptors (Lipinski definition) is 5. The average molecular weight is 308 g/mol. The molecule has 1 amide bonds. The van der Waals surface area contributed by atoms with E-state index in [0.29, 0.717) is 5.69 Å². The second-order valence-electron chi connectivity index (χ2n) is 4.39. The minimum atomic E-state index is -0.567. The van der Waals surface area contributed by atoms with Crippen LogP contribution in [0.25, 0.3) is 0 Å². The smallest absolute Gasteiger partial charge is 0.271 e. The Labute approximate surface area is 125 Å². The lowest BCUT2D eigenvalue weighted by Gasteiger charge is -2.23. The van der Waals surface area contributed by atoms with Crippen molar-refractivity contribution >= 4 is 29.0 Å². The SMILES string of the molecule is NC(=O)CN(Cc1ccccc1N)c1nc[nH]c(=O)c1Cl.